The third-order valence-electron chi connectivity index (χ3n) is 5.58. The largest absolute Gasteiger partial charge is 0.496 e. The maximum absolute atomic E-state index is 13.2. The zero-order valence-corrected chi connectivity index (χ0v) is 19.8. The van der Waals surface area contributed by atoms with Gasteiger partial charge in [-0.1, -0.05) is 11.6 Å². The molecule has 0 atom stereocenters. The van der Waals surface area contributed by atoms with E-state index in [-0.39, 0.29) is 23.5 Å². The molecule has 0 spiro atoms. The van der Waals surface area contributed by atoms with E-state index >= 15 is 0 Å². The van der Waals surface area contributed by atoms with E-state index in [2.05, 4.69) is 10.2 Å². The fraction of sp³-hybridized carbons (Fsp3) is 0.409. The van der Waals surface area contributed by atoms with Crippen LogP contribution < -0.4 is 15.0 Å². The summed E-state index contributed by atoms with van der Waals surface area (Å²) in [6.45, 7) is 3.61. The van der Waals surface area contributed by atoms with E-state index < -0.39 is 15.9 Å². The van der Waals surface area contributed by atoms with Crippen molar-refractivity contribution in [3.63, 3.8) is 0 Å². The molecule has 0 aromatic heterocycles. The van der Waals surface area contributed by atoms with Gasteiger partial charge in [0.25, 0.3) is 5.91 Å². The van der Waals surface area contributed by atoms with E-state index in [0.29, 0.717) is 61.7 Å². The SMILES string of the molecule is COc1ccc(Cl)cc1C(=O)Nc1cc(S(=O)(=O)N2CCOCC2)ccc1N1CCOCC1. The molecular weight excluding hydrogens is 470 g/mol. The van der Waals surface area contributed by atoms with Crippen molar-refractivity contribution in [3.05, 3.63) is 47.0 Å². The number of nitrogens with one attached hydrogen (secondary N) is 1. The Bertz CT molecular complexity index is 1120. The van der Waals surface area contributed by atoms with Crippen LogP contribution in [-0.2, 0) is 19.5 Å². The van der Waals surface area contributed by atoms with Gasteiger partial charge in [-0.25, -0.2) is 8.42 Å². The molecule has 2 saturated heterocycles. The third-order valence-corrected chi connectivity index (χ3v) is 7.71. The van der Waals surface area contributed by atoms with Crippen LogP contribution in [0.5, 0.6) is 5.75 Å². The lowest BCUT2D eigenvalue weighted by Crippen LogP contribution is -2.40. The van der Waals surface area contributed by atoms with Gasteiger partial charge in [-0.05, 0) is 36.4 Å². The number of morpholine rings is 2. The molecule has 1 N–H and O–H groups in total. The molecule has 178 valence electrons. The highest BCUT2D eigenvalue weighted by Crippen LogP contribution is 2.32. The number of sulfonamides is 1. The van der Waals surface area contributed by atoms with Gasteiger partial charge >= 0.3 is 0 Å². The highest BCUT2D eigenvalue weighted by Gasteiger charge is 2.28. The smallest absolute Gasteiger partial charge is 0.259 e. The summed E-state index contributed by atoms with van der Waals surface area (Å²) < 4.78 is 43.8. The normalized spacial score (nSPS) is 17.6. The zero-order valence-electron chi connectivity index (χ0n) is 18.3. The number of nitrogens with zero attached hydrogens (tertiary/aromatic N) is 2. The van der Waals surface area contributed by atoms with Gasteiger partial charge < -0.3 is 24.4 Å². The predicted molar refractivity (Wildman–Crippen MR) is 125 cm³/mol. The van der Waals surface area contributed by atoms with Gasteiger partial charge in [-0.2, -0.15) is 4.31 Å². The topological polar surface area (TPSA) is 97.4 Å². The molecule has 2 fully saturated rings. The molecule has 2 aromatic carbocycles. The molecule has 2 aliphatic rings. The lowest BCUT2D eigenvalue weighted by molar-refractivity contribution is 0.0730. The molecule has 2 aromatic rings. The highest BCUT2D eigenvalue weighted by atomic mass is 35.5. The number of carbonyl (C=O) groups is 1. The van der Waals surface area contributed by atoms with Crippen LogP contribution >= 0.6 is 11.6 Å². The molecule has 0 bridgehead atoms. The van der Waals surface area contributed by atoms with E-state index in [1.165, 1.54) is 23.5 Å². The minimum atomic E-state index is -3.74. The molecular formula is C22H26ClN3O6S. The Kier molecular flexibility index (Phi) is 7.40. The average molecular weight is 496 g/mol. The predicted octanol–water partition coefficient (Wildman–Crippen LogP) is 2.46. The van der Waals surface area contributed by atoms with Crippen LogP contribution in [0.1, 0.15) is 10.4 Å². The molecule has 0 aliphatic carbocycles. The van der Waals surface area contributed by atoms with Gasteiger partial charge in [0, 0.05) is 31.2 Å². The zero-order chi connectivity index (χ0) is 23.4. The molecule has 0 saturated carbocycles. The van der Waals surface area contributed by atoms with E-state index in [1.54, 1.807) is 24.3 Å². The van der Waals surface area contributed by atoms with E-state index in [4.69, 9.17) is 25.8 Å². The maximum Gasteiger partial charge on any atom is 0.259 e. The molecule has 33 heavy (non-hydrogen) atoms. The molecule has 2 heterocycles. The van der Waals surface area contributed by atoms with Crippen molar-refractivity contribution in [2.24, 2.45) is 0 Å². The minimum Gasteiger partial charge on any atom is -0.496 e. The standard InChI is InChI=1S/C22H26ClN3O6S/c1-30-21-5-2-16(23)14-18(21)22(27)24-19-15-17(33(28,29)26-8-12-32-13-9-26)3-4-20(19)25-6-10-31-11-7-25/h2-5,14-15H,6-13H2,1H3,(H,24,27). The van der Waals surface area contributed by atoms with Gasteiger partial charge in [0.2, 0.25) is 10.0 Å². The monoisotopic (exact) mass is 495 g/mol. The number of hydrogen-bond acceptors (Lipinski definition) is 7. The van der Waals surface area contributed by atoms with Gasteiger partial charge in [0.05, 0.1) is 55.4 Å². The second-order valence-corrected chi connectivity index (χ2v) is 9.97. The van der Waals surface area contributed by atoms with Crippen molar-refractivity contribution < 1.29 is 27.4 Å². The summed E-state index contributed by atoms with van der Waals surface area (Å²) >= 11 is 6.09. The Hall–Kier alpha value is -2.37. The quantitative estimate of drug-likeness (QED) is 0.657. The number of halogens is 1. The summed E-state index contributed by atoms with van der Waals surface area (Å²) in [7, 11) is -2.27. The number of ether oxygens (including phenoxy) is 3. The molecule has 0 radical (unpaired) electrons. The van der Waals surface area contributed by atoms with Gasteiger partial charge in [-0.15, -0.1) is 0 Å². The van der Waals surface area contributed by atoms with Crippen LogP contribution in [0.3, 0.4) is 0 Å². The van der Waals surface area contributed by atoms with Crippen LogP contribution in [0.15, 0.2) is 41.3 Å². The molecule has 0 unspecified atom stereocenters. The minimum absolute atomic E-state index is 0.106. The Labute approximate surface area is 198 Å². The van der Waals surface area contributed by atoms with Crippen molar-refractivity contribution in [3.8, 4) is 5.75 Å². The molecule has 9 nitrogen and oxygen atoms in total. The Morgan fingerprint density at radius 3 is 2.33 bits per heavy atom. The fourth-order valence-corrected chi connectivity index (χ4v) is 5.45. The van der Waals surface area contributed by atoms with Crippen LogP contribution in [0.25, 0.3) is 0 Å². The van der Waals surface area contributed by atoms with Crippen LogP contribution in [0.4, 0.5) is 11.4 Å². The maximum atomic E-state index is 13.2. The summed E-state index contributed by atoms with van der Waals surface area (Å²) in [4.78, 5) is 15.3. The number of anilines is 2. The average Bonchev–Trinajstić information content (AvgIpc) is 2.85. The number of rotatable bonds is 6. The van der Waals surface area contributed by atoms with Gasteiger partial charge in [-0.3, -0.25) is 4.79 Å². The van der Waals surface area contributed by atoms with Crippen molar-refractivity contribution in [1.82, 2.24) is 4.31 Å². The van der Waals surface area contributed by atoms with Crippen molar-refractivity contribution in [2.45, 2.75) is 4.90 Å². The van der Waals surface area contributed by atoms with Crippen LogP contribution in [0.2, 0.25) is 5.02 Å². The Morgan fingerprint density at radius 2 is 1.67 bits per heavy atom. The molecule has 11 heteroatoms. The van der Waals surface area contributed by atoms with E-state index in [9.17, 15) is 13.2 Å². The van der Waals surface area contributed by atoms with Crippen LogP contribution in [-0.4, -0.2) is 78.3 Å². The van der Waals surface area contributed by atoms with E-state index in [0.717, 1.165) is 0 Å². The lowest BCUT2D eigenvalue weighted by atomic mass is 10.1. The first-order valence-corrected chi connectivity index (χ1v) is 12.4. The summed E-state index contributed by atoms with van der Waals surface area (Å²) in [6.07, 6.45) is 0. The summed E-state index contributed by atoms with van der Waals surface area (Å²) in [5.41, 5.74) is 1.35. The summed E-state index contributed by atoms with van der Waals surface area (Å²) in [5.74, 6) is -0.0910. The first kappa shape index (κ1) is 23.8. The third kappa shape index (κ3) is 5.25. The second-order valence-electron chi connectivity index (χ2n) is 7.59. The van der Waals surface area contributed by atoms with Crippen molar-refractivity contribution in [1.29, 1.82) is 0 Å². The first-order valence-electron chi connectivity index (χ1n) is 10.6. The van der Waals surface area contributed by atoms with E-state index in [1.807, 2.05) is 0 Å². The number of benzene rings is 2. The summed E-state index contributed by atoms with van der Waals surface area (Å²) in [6, 6.07) is 9.56. The lowest BCUT2D eigenvalue weighted by Gasteiger charge is -2.31. The summed E-state index contributed by atoms with van der Waals surface area (Å²) in [5, 5.41) is 3.26. The molecule has 4 rings (SSSR count). The van der Waals surface area contributed by atoms with Gasteiger partial charge in [0.15, 0.2) is 0 Å². The molecule has 1 amide bonds. The van der Waals surface area contributed by atoms with Crippen molar-refractivity contribution >= 4 is 38.9 Å². The first-order chi connectivity index (χ1) is 15.9. The number of methoxy groups -OCH3 is 1. The Balaban J connectivity index is 1.71. The fourth-order valence-electron chi connectivity index (χ4n) is 3.84. The van der Waals surface area contributed by atoms with Gasteiger partial charge in [0.1, 0.15) is 5.75 Å². The number of carbonyl (C=O) groups excluding carboxylic acids is 1. The molecule has 2 aliphatic heterocycles. The van der Waals surface area contributed by atoms with Crippen molar-refractivity contribution in [2.75, 3.05) is 69.9 Å². The van der Waals surface area contributed by atoms with Crippen LogP contribution in [0, 0.1) is 0 Å². The second kappa shape index (κ2) is 10.3. The number of amides is 1. The Morgan fingerprint density at radius 1 is 1.00 bits per heavy atom. The highest BCUT2D eigenvalue weighted by molar-refractivity contribution is 7.89. The number of hydrogen-bond donors (Lipinski definition) is 1.